The number of nitrogens with one attached hydrogen (secondary N) is 2. The molecular weight excluding hydrogens is 276 g/mol. The standard InChI is InChI=1S/C13H18N4O2S/c1-7-5-6-11(14)8(2)13(7)20(18,19)17-12-9(3)15-16-10(12)4/h5-6,17H,14H2,1-4H3,(H,15,16). The predicted molar refractivity (Wildman–Crippen MR) is 79.2 cm³/mol. The summed E-state index contributed by atoms with van der Waals surface area (Å²) in [5.41, 5.74) is 9.22. The molecule has 0 spiro atoms. The third kappa shape index (κ3) is 2.36. The molecule has 7 heteroatoms. The van der Waals surface area contributed by atoms with Gasteiger partial charge in [-0.3, -0.25) is 9.82 Å². The van der Waals surface area contributed by atoms with Crippen molar-refractivity contribution in [1.29, 1.82) is 0 Å². The van der Waals surface area contributed by atoms with Crippen LogP contribution in [-0.2, 0) is 10.0 Å². The first kappa shape index (κ1) is 14.4. The van der Waals surface area contributed by atoms with Crippen LogP contribution >= 0.6 is 0 Å². The van der Waals surface area contributed by atoms with E-state index in [1.54, 1.807) is 39.8 Å². The van der Waals surface area contributed by atoms with E-state index >= 15 is 0 Å². The molecule has 4 N–H and O–H groups in total. The lowest BCUT2D eigenvalue weighted by Crippen LogP contribution is -2.17. The zero-order valence-corrected chi connectivity index (χ0v) is 12.7. The lowest BCUT2D eigenvalue weighted by Gasteiger charge is -2.14. The van der Waals surface area contributed by atoms with E-state index in [4.69, 9.17) is 5.73 Å². The SMILES string of the molecule is Cc1ccc(N)c(C)c1S(=O)(=O)Nc1c(C)n[nH]c1C. The zero-order chi connectivity index (χ0) is 15.1. The lowest BCUT2D eigenvalue weighted by molar-refractivity contribution is 0.600. The molecule has 0 amide bonds. The average Bonchev–Trinajstić information content (AvgIpc) is 2.65. The summed E-state index contributed by atoms with van der Waals surface area (Å²) in [4.78, 5) is 0.220. The maximum absolute atomic E-state index is 12.6. The van der Waals surface area contributed by atoms with E-state index in [1.165, 1.54) is 0 Å². The van der Waals surface area contributed by atoms with Gasteiger partial charge < -0.3 is 5.73 Å². The third-order valence-electron chi connectivity index (χ3n) is 3.28. The molecule has 1 aromatic heterocycles. The van der Waals surface area contributed by atoms with Gasteiger partial charge in [0.1, 0.15) is 0 Å². The van der Waals surface area contributed by atoms with Crippen LogP contribution in [0.15, 0.2) is 17.0 Å². The summed E-state index contributed by atoms with van der Waals surface area (Å²) in [5.74, 6) is 0. The minimum atomic E-state index is -3.70. The Labute approximate surface area is 118 Å². The van der Waals surface area contributed by atoms with Crippen molar-refractivity contribution in [2.24, 2.45) is 0 Å². The summed E-state index contributed by atoms with van der Waals surface area (Å²) >= 11 is 0. The largest absolute Gasteiger partial charge is 0.398 e. The third-order valence-corrected chi connectivity index (χ3v) is 4.92. The average molecular weight is 294 g/mol. The smallest absolute Gasteiger partial charge is 0.262 e. The summed E-state index contributed by atoms with van der Waals surface area (Å²) in [6.07, 6.45) is 0. The fourth-order valence-electron chi connectivity index (χ4n) is 2.14. The van der Waals surface area contributed by atoms with Gasteiger partial charge in [0.05, 0.1) is 22.0 Å². The van der Waals surface area contributed by atoms with Crippen LogP contribution in [0, 0.1) is 27.7 Å². The van der Waals surface area contributed by atoms with Crippen molar-refractivity contribution < 1.29 is 8.42 Å². The van der Waals surface area contributed by atoms with E-state index in [1.807, 2.05) is 0 Å². The topological polar surface area (TPSA) is 101 Å². The Morgan fingerprint density at radius 1 is 1.20 bits per heavy atom. The van der Waals surface area contributed by atoms with Crippen LogP contribution < -0.4 is 10.5 Å². The molecule has 0 radical (unpaired) electrons. The van der Waals surface area contributed by atoms with Gasteiger partial charge in [-0.2, -0.15) is 5.10 Å². The number of nitrogen functional groups attached to an aromatic ring is 1. The van der Waals surface area contributed by atoms with E-state index in [0.29, 0.717) is 33.9 Å². The summed E-state index contributed by atoms with van der Waals surface area (Å²) in [7, 11) is -3.70. The molecule has 0 saturated heterocycles. The summed E-state index contributed by atoms with van der Waals surface area (Å²) in [6, 6.07) is 3.41. The molecule has 0 saturated carbocycles. The Morgan fingerprint density at radius 2 is 1.85 bits per heavy atom. The highest BCUT2D eigenvalue weighted by Gasteiger charge is 2.23. The highest BCUT2D eigenvalue weighted by molar-refractivity contribution is 7.92. The van der Waals surface area contributed by atoms with Crippen molar-refractivity contribution in [2.45, 2.75) is 32.6 Å². The van der Waals surface area contributed by atoms with Crippen LogP contribution in [0.1, 0.15) is 22.5 Å². The number of hydrogen-bond acceptors (Lipinski definition) is 4. The van der Waals surface area contributed by atoms with Crippen LogP contribution in [-0.4, -0.2) is 18.6 Å². The number of aromatic amines is 1. The second kappa shape index (κ2) is 4.82. The second-order valence-corrected chi connectivity index (χ2v) is 6.46. The van der Waals surface area contributed by atoms with Gasteiger partial charge >= 0.3 is 0 Å². The van der Waals surface area contributed by atoms with Gasteiger partial charge in [0.25, 0.3) is 10.0 Å². The van der Waals surface area contributed by atoms with Crippen LogP contribution in [0.25, 0.3) is 0 Å². The van der Waals surface area contributed by atoms with Crippen LogP contribution in [0.3, 0.4) is 0 Å². The Bertz CT molecular complexity index is 743. The number of anilines is 2. The van der Waals surface area contributed by atoms with Gasteiger partial charge in [0.2, 0.25) is 0 Å². The van der Waals surface area contributed by atoms with Crippen molar-refractivity contribution in [2.75, 3.05) is 10.5 Å². The molecule has 0 aliphatic heterocycles. The number of aryl methyl sites for hydroxylation is 3. The first-order valence-corrected chi connectivity index (χ1v) is 7.62. The fourth-order valence-corrected chi connectivity index (χ4v) is 3.83. The fraction of sp³-hybridized carbons (Fsp3) is 0.308. The first-order chi connectivity index (χ1) is 9.24. The molecule has 108 valence electrons. The Kier molecular flexibility index (Phi) is 3.47. The lowest BCUT2D eigenvalue weighted by atomic mass is 10.1. The molecule has 0 aliphatic rings. The molecule has 2 rings (SSSR count). The van der Waals surface area contributed by atoms with E-state index in [9.17, 15) is 8.42 Å². The normalized spacial score (nSPS) is 11.6. The second-order valence-electron chi connectivity index (χ2n) is 4.84. The monoisotopic (exact) mass is 294 g/mol. The maximum atomic E-state index is 12.6. The number of H-pyrrole nitrogens is 1. The summed E-state index contributed by atoms with van der Waals surface area (Å²) < 4.78 is 27.8. The number of benzene rings is 1. The minimum Gasteiger partial charge on any atom is -0.398 e. The number of nitrogens with two attached hydrogens (primary N) is 1. The van der Waals surface area contributed by atoms with E-state index in [2.05, 4.69) is 14.9 Å². The number of nitrogens with zero attached hydrogens (tertiary/aromatic N) is 1. The van der Waals surface area contributed by atoms with Crippen molar-refractivity contribution in [3.05, 3.63) is 34.6 Å². The predicted octanol–water partition coefficient (Wildman–Crippen LogP) is 2.03. The molecule has 20 heavy (non-hydrogen) atoms. The Balaban J connectivity index is 2.55. The highest BCUT2D eigenvalue weighted by Crippen LogP contribution is 2.28. The zero-order valence-electron chi connectivity index (χ0n) is 11.9. The molecule has 1 heterocycles. The van der Waals surface area contributed by atoms with E-state index in [-0.39, 0.29) is 4.90 Å². The van der Waals surface area contributed by atoms with Crippen molar-refractivity contribution >= 4 is 21.4 Å². The van der Waals surface area contributed by atoms with Crippen LogP contribution in [0.2, 0.25) is 0 Å². The number of rotatable bonds is 3. The number of aromatic nitrogens is 2. The molecule has 0 bridgehead atoms. The molecule has 0 atom stereocenters. The summed E-state index contributed by atoms with van der Waals surface area (Å²) in [5, 5.41) is 6.73. The van der Waals surface area contributed by atoms with Crippen molar-refractivity contribution in [3.8, 4) is 0 Å². The maximum Gasteiger partial charge on any atom is 0.262 e. The molecule has 6 nitrogen and oxygen atoms in total. The Morgan fingerprint density at radius 3 is 2.40 bits per heavy atom. The van der Waals surface area contributed by atoms with Gasteiger partial charge in [0.15, 0.2) is 0 Å². The van der Waals surface area contributed by atoms with Crippen LogP contribution in [0.5, 0.6) is 0 Å². The van der Waals surface area contributed by atoms with E-state index in [0.717, 1.165) is 0 Å². The van der Waals surface area contributed by atoms with Crippen molar-refractivity contribution in [3.63, 3.8) is 0 Å². The first-order valence-electron chi connectivity index (χ1n) is 6.14. The summed E-state index contributed by atoms with van der Waals surface area (Å²) in [6.45, 7) is 6.94. The number of hydrogen-bond donors (Lipinski definition) is 3. The highest BCUT2D eigenvalue weighted by atomic mass is 32.2. The molecule has 0 aliphatic carbocycles. The van der Waals surface area contributed by atoms with Crippen molar-refractivity contribution in [1.82, 2.24) is 10.2 Å². The quantitative estimate of drug-likeness (QED) is 0.754. The molecule has 1 aromatic carbocycles. The molecular formula is C13H18N4O2S. The van der Waals surface area contributed by atoms with Crippen LogP contribution in [0.4, 0.5) is 11.4 Å². The van der Waals surface area contributed by atoms with Gasteiger partial charge in [-0.1, -0.05) is 6.07 Å². The van der Waals surface area contributed by atoms with Gasteiger partial charge in [-0.15, -0.1) is 0 Å². The molecule has 0 unspecified atom stereocenters. The van der Waals surface area contributed by atoms with Gasteiger partial charge in [-0.05, 0) is 44.9 Å². The molecule has 0 fully saturated rings. The number of sulfonamides is 1. The minimum absolute atomic E-state index is 0.220. The van der Waals surface area contributed by atoms with Gasteiger partial charge in [-0.25, -0.2) is 8.42 Å². The van der Waals surface area contributed by atoms with E-state index < -0.39 is 10.0 Å². The molecule has 2 aromatic rings. The van der Waals surface area contributed by atoms with Gasteiger partial charge in [0, 0.05) is 5.69 Å². The Hall–Kier alpha value is -2.02.